The first-order chi connectivity index (χ1) is 6.27. The zero-order valence-electron chi connectivity index (χ0n) is 7.23. The predicted molar refractivity (Wildman–Crippen MR) is 58.3 cm³/mol. The van der Waals surface area contributed by atoms with E-state index in [1.807, 2.05) is 24.3 Å². The predicted octanol–water partition coefficient (Wildman–Crippen LogP) is 1.01. The maximum absolute atomic E-state index is 5.73. The topological polar surface area (TPSA) is 78.1 Å². The van der Waals surface area contributed by atoms with Crippen LogP contribution in [-0.4, -0.2) is 0 Å². The van der Waals surface area contributed by atoms with E-state index in [4.69, 9.17) is 16.6 Å². The van der Waals surface area contributed by atoms with E-state index in [0.29, 0.717) is 12.2 Å². The molecule has 0 amide bonds. The molecule has 0 aliphatic rings. The van der Waals surface area contributed by atoms with E-state index >= 15 is 0 Å². The Morgan fingerprint density at radius 1 is 1.31 bits per heavy atom. The molecule has 0 fully saturated rings. The molecule has 0 heterocycles. The van der Waals surface area contributed by atoms with Crippen LogP contribution in [0.15, 0.2) is 29.7 Å². The van der Waals surface area contributed by atoms with Crippen molar-refractivity contribution in [2.24, 2.45) is 16.6 Å². The second-order valence-electron chi connectivity index (χ2n) is 2.61. The number of rotatable bonds is 3. The van der Waals surface area contributed by atoms with Gasteiger partial charge in [0.15, 0.2) is 0 Å². The fraction of sp³-hybridized carbons (Fsp3) is 0.111. The molecule has 6 N–H and O–H groups in total. The highest BCUT2D eigenvalue weighted by Gasteiger charge is 1.95. The molecule has 1 aromatic carbocycles. The molecule has 0 aromatic heterocycles. The summed E-state index contributed by atoms with van der Waals surface area (Å²) in [5.74, 6) is 0. The quantitative estimate of drug-likeness (QED) is 0.629. The van der Waals surface area contributed by atoms with Crippen molar-refractivity contribution in [1.82, 2.24) is 0 Å². The van der Waals surface area contributed by atoms with Crippen LogP contribution >= 0.6 is 11.9 Å². The lowest BCUT2D eigenvalue weighted by molar-refractivity contribution is 1.07. The van der Waals surface area contributed by atoms with Crippen molar-refractivity contribution in [2.45, 2.75) is 6.54 Å². The Labute approximate surface area is 82.1 Å². The van der Waals surface area contributed by atoms with Gasteiger partial charge in [0.05, 0.1) is 0 Å². The summed E-state index contributed by atoms with van der Waals surface area (Å²) < 4.78 is 0. The van der Waals surface area contributed by atoms with Crippen LogP contribution in [0.2, 0.25) is 0 Å². The summed E-state index contributed by atoms with van der Waals surface area (Å²) in [5, 5.41) is 6.97. The fourth-order valence-corrected chi connectivity index (χ4v) is 1.26. The molecule has 0 spiro atoms. The van der Waals surface area contributed by atoms with Gasteiger partial charge < -0.3 is 11.5 Å². The Morgan fingerprint density at radius 2 is 1.92 bits per heavy atom. The van der Waals surface area contributed by atoms with E-state index in [1.165, 1.54) is 0 Å². The van der Waals surface area contributed by atoms with Crippen molar-refractivity contribution >= 4 is 17.6 Å². The monoisotopic (exact) mass is 195 g/mol. The lowest BCUT2D eigenvalue weighted by Gasteiger charge is -2.02. The Morgan fingerprint density at radius 3 is 2.38 bits per heavy atom. The van der Waals surface area contributed by atoms with Crippen molar-refractivity contribution in [3.63, 3.8) is 0 Å². The van der Waals surface area contributed by atoms with E-state index in [2.05, 4.69) is 0 Å². The lowest BCUT2D eigenvalue weighted by atomic mass is 10.1. The molecule has 0 radical (unpaired) electrons. The second kappa shape index (κ2) is 4.91. The molecule has 0 saturated heterocycles. The molecule has 0 bridgehead atoms. The second-order valence-corrected chi connectivity index (χ2v) is 3.12. The fourth-order valence-electron chi connectivity index (χ4n) is 0.975. The van der Waals surface area contributed by atoms with Crippen LogP contribution < -0.4 is 16.6 Å². The standard InChI is InChI=1S/C9H13N3S/c10-5-7-1-3-8(4-2-7)9(11)6-13-12/h1-4,6H,5,10-12H2/b9-6-. The Balaban J connectivity index is 2.85. The average Bonchev–Trinajstić information content (AvgIpc) is 2.18. The third-order valence-corrected chi connectivity index (χ3v) is 2.11. The van der Waals surface area contributed by atoms with Gasteiger partial charge in [0, 0.05) is 17.6 Å². The van der Waals surface area contributed by atoms with Gasteiger partial charge in [-0.05, 0) is 11.1 Å². The number of hydrogen-bond donors (Lipinski definition) is 3. The smallest absolute Gasteiger partial charge is 0.0464 e. The van der Waals surface area contributed by atoms with Crippen molar-refractivity contribution in [3.05, 3.63) is 40.8 Å². The van der Waals surface area contributed by atoms with Gasteiger partial charge in [-0.15, -0.1) is 0 Å². The lowest BCUT2D eigenvalue weighted by Crippen LogP contribution is -1.99. The molecule has 4 heteroatoms. The molecule has 0 aliphatic carbocycles. The van der Waals surface area contributed by atoms with E-state index in [1.54, 1.807) is 5.41 Å². The summed E-state index contributed by atoms with van der Waals surface area (Å²) in [6.45, 7) is 0.551. The third-order valence-electron chi connectivity index (χ3n) is 1.72. The van der Waals surface area contributed by atoms with Crippen LogP contribution in [0.1, 0.15) is 11.1 Å². The van der Waals surface area contributed by atoms with E-state index in [9.17, 15) is 0 Å². The molecule has 0 atom stereocenters. The van der Waals surface area contributed by atoms with Gasteiger partial charge in [-0.2, -0.15) is 0 Å². The van der Waals surface area contributed by atoms with Crippen LogP contribution in [0.3, 0.4) is 0 Å². The van der Waals surface area contributed by atoms with Gasteiger partial charge in [-0.25, -0.2) is 0 Å². The summed E-state index contributed by atoms with van der Waals surface area (Å²) in [4.78, 5) is 0. The summed E-state index contributed by atoms with van der Waals surface area (Å²) in [7, 11) is 0. The largest absolute Gasteiger partial charge is 0.398 e. The maximum Gasteiger partial charge on any atom is 0.0464 e. The Kier molecular flexibility index (Phi) is 3.82. The van der Waals surface area contributed by atoms with Crippen LogP contribution in [0.4, 0.5) is 0 Å². The highest BCUT2D eigenvalue weighted by atomic mass is 32.2. The molecule has 1 aromatic rings. The summed E-state index contributed by atoms with van der Waals surface area (Å²) in [6.07, 6.45) is 0. The Bertz CT molecular complexity index is 292. The van der Waals surface area contributed by atoms with Gasteiger partial charge in [-0.3, -0.25) is 5.14 Å². The summed E-state index contributed by atoms with van der Waals surface area (Å²) in [6, 6.07) is 7.78. The van der Waals surface area contributed by atoms with Crippen molar-refractivity contribution in [2.75, 3.05) is 0 Å². The first kappa shape index (κ1) is 10.1. The zero-order chi connectivity index (χ0) is 9.68. The van der Waals surface area contributed by atoms with Gasteiger partial charge in [0.2, 0.25) is 0 Å². The highest BCUT2D eigenvalue weighted by molar-refractivity contribution is 8.00. The van der Waals surface area contributed by atoms with Crippen molar-refractivity contribution in [3.8, 4) is 0 Å². The average molecular weight is 195 g/mol. The molecule has 0 aliphatic heterocycles. The maximum atomic E-state index is 5.73. The molecular formula is C9H13N3S. The van der Waals surface area contributed by atoms with E-state index in [-0.39, 0.29) is 0 Å². The molecule has 0 saturated carbocycles. The van der Waals surface area contributed by atoms with Crippen LogP contribution in [0, 0.1) is 0 Å². The first-order valence-corrected chi connectivity index (χ1v) is 4.82. The van der Waals surface area contributed by atoms with Gasteiger partial charge >= 0.3 is 0 Å². The zero-order valence-corrected chi connectivity index (χ0v) is 8.05. The van der Waals surface area contributed by atoms with Gasteiger partial charge in [-0.1, -0.05) is 36.2 Å². The minimum atomic E-state index is 0.551. The number of benzene rings is 1. The molecule has 70 valence electrons. The summed E-state index contributed by atoms with van der Waals surface area (Å²) in [5.41, 5.74) is 13.9. The van der Waals surface area contributed by atoms with Crippen LogP contribution in [0.5, 0.6) is 0 Å². The molecule has 13 heavy (non-hydrogen) atoms. The highest BCUT2D eigenvalue weighted by Crippen LogP contribution is 2.12. The Hall–Kier alpha value is -0.970. The minimum absolute atomic E-state index is 0.551. The van der Waals surface area contributed by atoms with Crippen molar-refractivity contribution < 1.29 is 0 Å². The van der Waals surface area contributed by atoms with Crippen LogP contribution in [0.25, 0.3) is 5.70 Å². The molecule has 0 unspecified atom stereocenters. The molecule has 3 nitrogen and oxygen atoms in total. The van der Waals surface area contributed by atoms with Crippen LogP contribution in [-0.2, 0) is 6.54 Å². The van der Waals surface area contributed by atoms with Crippen molar-refractivity contribution in [1.29, 1.82) is 0 Å². The summed E-state index contributed by atoms with van der Waals surface area (Å²) >= 11 is 1.10. The molecule has 1 rings (SSSR count). The van der Waals surface area contributed by atoms with Gasteiger partial charge in [0.25, 0.3) is 0 Å². The van der Waals surface area contributed by atoms with Gasteiger partial charge in [0.1, 0.15) is 0 Å². The normalized spacial score (nSPS) is 11.7. The number of hydrogen-bond acceptors (Lipinski definition) is 4. The first-order valence-electron chi connectivity index (χ1n) is 3.88. The number of nitrogens with two attached hydrogens (primary N) is 3. The molecular weight excluding hydrogens is 182 g/mol. The minimum Gasteiger partial charge on any atom is -0.398 e. The third kappa shape index (κ3) is 2.77. The van der Waals surface area contributed by atoms with E-state index < -0.39 is 0 Å². The SMILES string of the molecule is NCc1ccc(/C(N)=C/SN)cc1. The van der Waals surface area contributed by atoms with E-state index in [0.717, 1.165) is 23.1 Å².